The SMILES string of the molecule is CN1CCc2c(c3ccccc3n2O)C1. The fourth-order valence-corrected chi connectivity index (χ4v) is 2.42. The molecule has 1 aromatic carbocycles. The van der Waals surface area contributed by atoms with E-state index in [1.165, 1.54) is 15.7 Å². The highest BCUT2D eigenvalue weighted by atomic mass is 16.5. The first-order chi connectivity index (χ1) is 7.27. The minimum atomic E-state index is 0.928. The molecule has 3 heteroatoms. The average Bonchev–Trinajstić information content (AvgIpc) is 2.54. The van der Waals surface area contributed by atoms with Gasteiger partial charge < -0.3 is 10.1 Å². The van der Waals surface area contributed by atoms with Crippen molar-refractivity contribution in [3.8, 4) is 0 Å². The number of nitrogens with zero attached hydrogens (tertiary/aromatic N) is 2. The van der Waals surface area contributed by atoms with Gasteiger partial charge in [-0.1, -0.05) is 18.2 Å². The van der Waals surface area contributed by atoms with E-state index in [-0.39, 0.29) is 0 Å². The van der Waals surface area contributed by atoms with Crippen LogP contribution in [0.5, 0.6) is 0 Å². The van der Waals surface area contributed by atoms with Crippen molar-refractivity contribution < 1.29 is 5.21 Å². The molecule has 2 aromatic rings. The van der Waals surface area contributed by atoms with E-state index in [2.05, 4.69) is 18.0 Å². The molecule has 1 aliphatic rings. The number of likely N-dealkylation sites (N-methyl/N-ethyl adjacent to an activating group) is 1. The zero-order valence-corrected chi connectivity index (χ0v) is 8.77. The molecule has 2 heterocycles. The van der Waals surface area contributed by atoms with Crippen LogP contribution in [0.15, 0.2) is 24.3 Å². The monoisotopic (exact) mass is 202 g/mol. The quantitative estimate of drug-likeness (QED) is 0.660. The van der Waals surface area contributed by atoms with Gasteiger partial charge in [0.25, 0.3) is 0 Å². The number of benzene rings is 1. The third-order valence-electron chi connectivity index (χ3n) is 3.22. The summed E-state index contributed by atoms with van der Waals surface area (Å²) in [6, 6.07) is 8.04. The van der Waals surface area contributed by atoms with Gasteiger partial charge in [0.15, 0.2) is 0 Å². The second kappa shape index (κ2) is 3.00. The van der Waals surface area contributed by atoms with Gasteiger partial charge in [0.05, 0.1) is 11.2 Å². The lowest BCUT2D eigenvalue weighted by Crippen LogP contribution is -2.27. The molecule has 0 fully saturated rings. The minimum absolute atomic E-state index is 0.928. The first-order valence-corrected chi connectivity index (χ1v) is 5.26. The highest BCUT2D eigenvalue weighted by molar-refractivity contribution is 5.85. The van der Waals surface area contributed by atoms with Crippen LogP contribution in [0, 0.1) is 0 Å². The van der Waals surface area contributed by atoms with Gasteiger partial charge in [-0.05, 0) is 18.7 Å². The van der Waals surface area contributed by atoms with E-state index in [9.17, 15) is 5.21 Å². The molecule has 0 amide bonds. The van der Waals surface area contributed by atoms with Crippen LogP contribution in [0.3, 0.4) is 0 Å². The van der Waals surface area contributed by atoms with E-state index < -0.39 is 0 Å². The molecule has 0 bridgehead atoms. The predicted molar refractivity (Wildman–Crippen MR) is 59.2 cm³/mol. The van der Waals surface area contributed by atoms with Crippen LogP contribution in [0.25, 0.3) is 10.9 Å². The first kappa shape index (κ1) is 8.80. The lowest BCUT2D eigenvalue weighted by molar-refractivity contribution is 0.181. The average molecular weight is 202 g/mol. The zero-order valence-electron chi connectivity index (χ0n) is 8.77. The Hall–Kier alpha value is -1.48. The standard InChI is InChI=1S/C12H14N2O/c1-13-7-6-12-10(8-13)9-4-2-3-5-11(9)14(12)15/h2-5,15H,6-8H2,1H3. The van der Waals surface area contributed by atoms with Crippen molar-refractivity contribution in [2.45, 2.75) is 13.0 Å². The Morgan fingerprint density at radius 1 is 1.27 bits per heavy atom. The van der Waals surface area contributed by atoms with E-state index >= 15 is 0 Å². The van der Waals surface area contributed by atoms with E-state index in [4.69, 9.17) is 0 Å². The van der Waals surface area contributed by atoms with E-state index in [0.29, 0.717) is 0 Å². The summed E-state index contributed by atoms with van der Waals surface area (Å²) in [7, 11) is 2.12. The van der Waals surface area contributed by atoms with Crippen molar-refractivity contribution in [2.24, 2.45) is 0 Å². The number of fused-ring (bicyclic) bond motifs is 3. The molecular weight excluding hydrogens is 188 g/mol. The molecular formula is C12H14N2O. The van der Waals surface area contributed by atoms with Gasteiger partial charge in [0.1, 0.15) is 0 Å². The molecule has 1 aliphatic heterocycles. The molecule has 0 unspecified atom stereocenters. The van der Waals surface area contributed by atoms with Crippen molar-refractivity contribution in [3.63, 3.8) is 0 Å². The normalized spacial score (nSPS) is 16.9. The maximum atomic E-state index is 10.0. The van der Waals surface area contributed by atoms with Gasteiger partial charge in [0.2, 0.25) is 0 Å². The number of hydrogen-bond donors (Lipinski definition) is 1. The van der Waals surface area contributed by atoms with Crippen LogP contribution in [-0.2, 0) is 13.0 Å². The van der Waals surface area contributed by atoms with Crippen LogP contribution in [0.2, 0.25) is 0 Å². The lowest BCUT2D eigenvalue weighted by Gasteiger charge is -2.22. The molecule has 0 saturated heterocycles. The molecule has 1 aromatic heterocycles. The summed E-state index contributed by atoms with van der Waals surface area (Å²) in [4.78, 5) is 2.29. The molecule has 0 spiro atoms. The highest BCUT2D eigenvalue weighted by Crippen LogP contribution is 2.28. The summed E-state index contributed by atoms with van der Waals surface area (Å²) < 4.78 is 1.36. The van der Waals surface area contributed by atoms with Crippen LogP contribution < -0.4 is 0 Å². The van der Waals surface area contributed by atoms with Crippen LogP contribution in [-0.4, -0.2) is 28.4 Å². The van der Waals surface area contributed by atoms with Gasteiger partial charge in [-0.15, -0.1) is 0 Å². The molecule has 0 radical (unpaired) electrons. The van der Waals surface area contributed by atoms with Crippen molar-refractivity contribution in [1.82, 2.24) is 9.63 Å². The Bertz CT molecular complexity index is 516. The van der Waals surface area contributed by atoms with E-state index in [1.54, 1.807) is 0 Å². The Labute approximate surface area is 88.5 Å². The summed E-state index contributed by atoms with van der Waals surface area (Å²) >= 11 is 0. The highest BCUT2D eigenvalue weighted by Gasteiger charge is 2.21. The summed E-state index contributed by atoms with van der Waals surface area (Å²) in [6.45, 7) is 1.95. The Morgan fingerprint density at radius 2 is 2.07 bits per heavy atom. The minimum Gasteiger partial charge on any atom is -0.428 e. The van der Waals surface area contributed by atoms with E-state index in [0.717, 1.165) is 30.7 Å². The summed E-state index contributed by atoms with van der Waals surface area (Å²) in [6.07, 6.45) is 0.928. The maximum Gasteiger partial charge on any atom is 0.0872 e. The predicted octanol–water partition coefficient (Wildman–Crippen LogP) is 1.87. The molecule has 0 aliphatic carbocycles. The largest absolute Gasteiger partial charge is 0.428 e. The molecule has 0 atom stereocenters. The first-order valence-electron chi connectivity index (χ1n) is 5.26. The van der Waals surface area contributed by atoms with Crippen molar-refractivity contribution in [2.75, 3.05) is 13.6 Å². The third-order valence-corrected chi connectivity index (χ3v) is 3.22. The van der Waals surface area contributed by atoms with Crippen LogP contribution in [0.4, 0.5) is 0 Å². The molecule has 0 saturated carbocycles. The number of hydrogen-bond acceptors (Lipinski definition) is 2. The van der Waals surface area contributed by atoms with Crippen LogP contribution in [0.1, 0.15) is 11.3 Å². The number of aromatic nitrogens is 1. The van der Waals surface area contributed by atoms with Gasteiger partial charge in [-0.3, -0.25) is 0 Å². The maximum absolute atomic E-state index is 10.0. The summed E-state index contributed by atoms with van der Waals surface area (Å²) in [5.74, 6) is 0. The number of para-hydroxylation sites is 1. The van der Waals surface area contributed by atoms with Crippen LogP contribution >= 0.6 is 0 Å². The molecule has 3 nitrogen and oxygen atoms in total. The lowest BCUT2D eigenvalue weighted by atomic mass is 10.1. The Balaban J connectivity index is 2.33. The summed E-state index contributed by atoms with van der Waals surface area (Å²) in [5, 5.41) is 11.2. The third kappa shape index (κ3) is 1.16. The topological polar surface area (TPSA) is 28.4 Å². The molecule has 3 rings (SSSR count). The Kier molecular flexibility index (Phi) is 1.76. The van der Waals surface area contributed by atoms with Gasteiger partial charge >= 0.3 is 0 Å². The smallest absolute Gasteiger partial charge is 0.0872 e. The second-order valence-electron chi connectivity index (χ2n) is 4.24. The van der Waals surface area contributed by atoms with Crippen molar-refractivity contribution >= 4 is 10.9 Å². The number of rotatable bonds is 0. The molecule has 1 N–H and O–H groups in total. The summed E-state index contributed by atoms with van der Waals surface area (Å²) in [5.41, 5.74) is 3.29. The zero-order chi connectivity index (χ0) is 10.4. The fraction of sp³-hybridized carbons (Fsp3) is 0.333. The van der Waals surface area contributed by atoms with Crippen molar-refractivity contribution in [1.29, 1.82) is 0 Å². The molecule has 15 heavy (non-hydrogen) atoms. The second-order valence-corrected chi connectivity index (χ2v) is 4.24. The Morgan fingerprint density at radius 3 is 2.93 bits per heavy atom. The van der Waals surface area contributed by atoms with Gasteiger partial charge in [-0.2, -0.15) is 4.73 Å². The molecule has 78 valence electrons. The van der Waals surface area contributed by atoms with Gasteiger partial charge in [-0.25, -0.2) is 0 Å². The fourth-order valence-electron chi connectivity index (χ4n) is 2.42. The van der Waals surface area contributed by atoms with E-state index in [1.807, 2.05) is 18.2 Å². The van der Waals surface area contributed by atoms with Crippen molar-refractivity contribution in [3.05, 3.63) is 35.5 Å². The van der Waals surface area contributed by atoms with Gasteiger partial charge in [0, 0.05) is 24.9 Å².